The summed E-state index contributed by atoms with van der Waals surface area (Å²) >= 11 is 0. The number of fused-ring (bicyclic) bond motifs is 1. The Balaban J connectivity index is 2.87. The van der Waals surface area contributed by atoms with E-state index >= 15 is 0 Å². The molecule has 0 aromatic heterocycles. The predicted molar refractivity (Wildman–Crippen MR) is 57.2 cm³/mol. The first-order chi connectivity index (χ1) is 6.83. The average molecular weight is 184 g/mol. The highest BCUT2D eigenvalue weighted by molar-refractivity contribution is 5.99. The maximum atomic E-state index is 8.38. The minimum absolute atomic E-state index is 0.609. The van der Waals surface area contributed by atoms with Gasteiger partial charge in [0.15, 0.2) is 0 Å². The molecule has 14 heavy (non-hydrogen) atoms. The van der Waals surface area contributed by atoms with E-state index < -0.39 is 0 Å². The number of hydrogen-bond donors (Lipinski definition) is 1. The summed E-state index contributed by atoms with van der Waals surface area (Å²) in [5, 5.41) is 5.40. The highest BCUT2D eigenvalue weighted by atomic mass is 15.1. The minimum Gasteiger partial charge on any atom is -0.398 e. The van der Waals surface area contributed by atoms with E-state index in [1.807, 2.05) is 30.3 Å². The van der Waals surface area contributed by atoms with Crippen LogP contribution in [0.1, 0.15) is 0 Å². The standard InChI is InChI=1S/C10H8N4/c11-9-5-1-4-8-7(9)3-2-6-10(8)13-14-12/h1-6H,11H2. The third-order valence-electron chi connectivity index (χ3n) is 2.09. The molecule has 2 aromatic rings. The smallest absolute Gasteiger partial charge is 0.0454 e. The van der Waals surface area contributed by atoms with Gasteiger partial charge in [-0.3, -0.25) is 0 Å². The minimum atomic E-state index is 0.609. The average Bonchev–Trinajstić information content (AvgIpc) is 2.20. The van der Waals surface area contributed by atoms with Gasteiger partial charge >= 0.3 is 0 Å². The van der Waals surface area contributed by atoms with Crippen LogP contribution < -0.4 is 5.73 Å². The summed E-state index contributed by atoms with van der Waals surface area (Å²) in [4.78, 5) is 2.77. The molecule has 0 aliphatic rings. The second kappa shape index (κ2) is 3.28. The number of rotatable bonds is 1. The van der Waals surface area contributed by atoms with Crippen molar-refractivity contribution < 1.29 is 0 Å². The highest BCUT2D eigenvalue weighted by Gasteiger charge is 2.00. The molecule has 2 aromatic carbocycles. The fraction of sp³-hybridized carbons (Fsp3) is 0. The Bertz CT molecular complexity index is 527. The van der Waals surface area contributed by atoms with Crippen molar-refractivity contribution in [1.82, 2.24) is 0 Å². The zero-order valence-electron chi connectivity index (χ0n) is 7.38. The van der Waals surface area contributed by atoms with Gasteiger partial charge in [-0.05, 0) is 17.0 Å². The van der Waals surface area contributed by atoms with E-state index in [-0.39, 0.29) is 0 Å². The molecule has 0 aliphatic carbocycles. The van der Waals surface area contributed by atoms with E-state index in [1.165, 1.54) is 0 Å². The largest absolute Gasteiger partial charge is 0.398 e. The zero-order chi connectivity index (χ0) is 9.97. The van der Waals surface area contributed by atoms with Crippen LogP contribution in [0.2, 0.25) is 0 Å². The third-order valence-corrected chi connectivity index (χ3v) is 2.09. The number of nitrogen functional groups attached to an aromatic ring is 1. The van der Waals surface area contributed by atoms with Crippen LogP contribution >= 0.6 is 0 Å². The van der Waals surface area contributed by atoms with Crippen molar-refractivity contribution in [2.24, 2.45) is 5.11 Å². The molecule has 0 amide bonds. The van der Waals surface area contributed by atoms with Gasteiger partial charge in [0.2, 0.25) is 0 Å². The molecule has 2 N–H and O–H groups in total. The number of hydrogen-bond acceptors (Lipinski definition) is 2. The van der Waals surface area contributed by atoms with Crippen LogP contribution in [0.15, 0.2) is 41.5 Å². The van der Waals surface area contributed by atoms with Crippen LogP contribution in [0, 0.1) is 0 Å². The molecule has 0 fully saturated rings. The van der Waals surface area contributed by atoms with Crippen LogP contribution in [0.25, 0.3) is 21.2 Å². The molecule has 0 spiro atoms. The van der Waals surface area contributed by atoms with E-state index in [4.69, 9.17) is 11.3 Å². The van der Waals surface area contributed by atoms with Crippen molar-refractivity contribution in [3.8, 4) is 0 Å². The SMILES string of the molecule is [N-]=[N+]=Nc1cccc2c(N)cccc12. The topological polar surface area (TPSA) is 74.8 Å². The van der Waals surface area contributed by atoms with Gasteiger partial charge in [-0.15, -0.1) is 0 Å². The van der Waals surface area contributed by atoms with Crippen molar-refractivity contribution in [3.63, 3.8) is 0 Å². The molecular weight excluding hydrogens is 176 g/mol. The summed E-state index contributed by atoms with van der Waals surface area (Å²) in [7, 11) is 0. The molecule has 0 unspecified atom stereocenters. The molecule has 0 radical (unpaired) electrons. The Morgan fingerprint density at radius 2 is 1.79 bits per heavy atom. The van der Waals surface area contributed by atoms with Gasteiger partial charge in [-0.1, -0.05) is 35.4 Å². The van der Waals surface area contributed by atoms with Crippen molar-refractivity contribution in [2.45, 2.75) is 0 Å². The summed E-state index contributed by atoms with van der Waals surface area (Å²) in [6.07, 6.45) is 0. The van der Waals surface area contributed by atoms with Crippen LogP contribution in [-0.2, 0) is 0 Å². The summed E-state index contributed by atoms with van der Waals surface area (Å²) < 4.78 is 0. The molecule has 2 rings (SSSR count). The first-order valence-corrected chi connectivity index (χ1v) is 4.15. The maximum absolute atomic E-state index is 8.38. The lowest BCUT2D eigenvalue weighted by Gasteiger charge is -2.03. The lowest BCUT2D eigenvalue weighted by molar-refractivity contribution is 1.51. The molecule has 0 atom stereocenters. The molecule has 0 bridgehead atoms. The normalized spacial score (nSPS) is 9.71. The van der Waals surface area contributed by atoms with Gasteiger partial charge in [-0.25, -0.2) is 0 Å². The number of azide groups is 1. The van der Waals surface area contributed by atoms with Crippen molar-refractivity contribution >= 4 is 22.1 Å². The number of nitrogens with zero attached hydrogens (tertiary/aromatic N) is 3. The van der Waals surface area contributed by atoms with Crippen molar-refractivity contribution in [2.75, 3.05) is 5.73 Å². The van der Waals surface area contributed by atoms with Crippen molar-refractivity contribution in [1.29, 1.82) is 0 Å². The lowest BCUT2D eigenvalue weighted by atomic mass is 10.1. The van der Waals surface area contributed by atoms with Crippen LogP contribution in [0.5, 0.6) is 0 Å². The van der Waals surface area contributed by atoms with Crippen molar-refractivity contribution in [3.05, 3.63) is 46.8 Å². The third kappa shape index (κ3) is 1.24. The quantitative estimate of drug-likeness (QED) is 0.313. The summed E-state index contributed by atoms with van der Waals surface area (Å²) in [6.45, 7) is 0. The summed E-state index contributed by atoms with van der Waals surface area (Å²) in [5.41, 5.74) is 15.5. The Kier molecular flexibility index (Phi) is 1.97. The van der Waals surface area contributed by atoms with Gasteiger partial charge < -0.3 is 5.73 Å². The number of benzene rings is 2. The molecule has 0 heterocycles. The van der Waals surface area contributed by atoms with Gasteiger partial charge in [0.05, 0.1) is 0 Å². The molecule has 4 nitrogen and oxygen atoms in total. The Morgan fingerprint density at radius 1 is 1.07 bits per heavy atom. The highest BCUT2D eigenvalue weighted by Crippen LogP contribution is 2.29. The second-order valence-electron chi connectivity index (χ2n) is 2.91. The van der Waals surface area contributed by atoms with Crippen LogP contribution in [0.3, 0.4) is 0 Å². The monoisotopic (exact) mass is 184 g/mol. The van der Waals surface area contributed by atoms with E-state index in [0.717, 1.165) is 10.8 Å². The van der Waals surface area contributed by atoms with Gasteiger partial charge in [0.1, 0.15) is 0 Å². The summed E-state index contributed by atoms with van der Waals surface area (Å²) in [6, 6.07) is 11.0. The molecule has 0 saturated heterocycles. The Hall–Kier alpha value is -2.19. The Morgan fingerprint density at radius 3 is 2.57 bits per heavy atom. The Labute approximate surface area is 80.6 Å². The molecular formula is C10H8N4. The van der Waals surface area contributed by atoms with Gasteiger partial charge in [0, 0.05) is 21.7 Å². The van der Waals surface area contributed by atoms with Gasteiger partial charge in [-0.2, -0.15) is 0 Å². The number of anilines is 1. The van der Waals surface area contributed by atoms with E-state index in [1.54, 1.807) is 6.07 Å². The summed E-state index contributed by atoms with van der Waals surface area (Å²) in [5.74, 6) is 0. The van der Waals surface area contributed by atoms with Gasteiger partial charge in [0.25, 0.3) is 0 Å². The second-order valence-corrected chi connectivity index (χ2v) is 2.91. The molecule has 68 valence electrons. The van der Waals surface area contributed by atoms with E-state index in [0.29, 0.717) is 11.4 Å². The van der Waals surface area contributed by atoms with E-state index in [2.05, 4.69) is 10.0 Å². The molecule has 0 aliphatic heterocycles. The van der Waals surface area contributed by atoms with E-state index in [9.17, 15) is 0 Å². The first-order valence-electron chi connectivity index (χ1n) is 4.15. The molecule has 0 saturated carbocycles. The lowest BCUT2D eigenvalue weighted by Crippen LogP contribution is -1.85. The maximum Gasteiger partial charge on any atom is 0.0454 e. The number of nitrogens with two attached hydrogens (primary N) is 1. The fourth-order valence-corrected chi connectivity index (χ4v) is 1.45. The van der Waals surface area contributed by atoms with Crippen LogP contribution in [-0.4, -0.2) is 0 Å². The molecule has 4 heteroatoms. The fourth-order valence-electron chi connectivity index (χ4n) is 1.45. The first kappa shape index (κ1) is 8.41. The van der Waals surface area contributed by atoms with Crippen LogP contribution in [0.4, 0.5) is 11.4 Å². The predicted octanol–water partition coefficient (Wildman–Crippen LogP) is 3.36. The zero-order valence-corrected chi connectivity index (χ0v) is 7.38.